The van der Waals surface area contributed by atoms with Gasteiger partial charge in [-0.3, -0.25) is 4.98 Å². The highest BCUT2D eigenvalue weighted by atomic mass is 79.9. The minimum Gasteiger partial charge on any atom is -0.254 e. The highest BCUT2D eigenvalue weighted by Crippen LogP contribution is 2.27. The van der Waals surface area contributed by atoms with Gasteiger partial charge in [-0.15, -0.1) is 0 Å². The van der Waals surface area contributed by atoms with Gasteiger partial charge in [-0.2, -0.15) is 0 Å². The summed E-state index contributed by atoms with van der Waals surface area (Å²) in [5.41, 5.74) is 3.92. The van der Waals surface area contributed by atoms with Crippen molar-refractivity contribution in [2.75, 3.05) is 0 Å². The Morgan fingerprint density at radius 3 is 2.48 bits per heavy atom. The molecule has 0 aliphatic carbocycles. The molecule has 4 aromatic rings. The summed E-state index contributed by atoms with van der Waals surface area (Å²) in [5, 5.41) is 2.19. The Morgan fingerprint density at radius 2 is 1.61 bits per heavy atom. The van der Waals surface area contributed by atoms with Crippen molar-refractivity contribution in [3.8, 4) is 0 Å². The summed E-state index contributed by atoms with van der Waals surface area (Å²) >= 11 is 3.62. The number of hydrogen-bond acceptors (Lipinski definition) is 2. The normalized spacial score (nSPS) is 11.5. The predicted molar refractivity (Wildman–Crippen MR) is 100 cm³/mol. The zero-order valence-electron chi connectivity index (χ0n) is 12.3. The molecule has 2 nitrogen and oxygen atoms in total. The van der Waals surface area contributed by atoms with Crippen molar-refractivity contribution in [2.45, 2.75) is 0 Å². The van der Waals surface area contributed by atoms with Crippen LogP contribution >= 0.6 is 15.9 Å². The predicted octanol–water partition coefficient (Wildman–Crippen LogP) is 5.72. The summed E-state index contributed by atoms with van der Waals surface area (Å²) in [7, 11) is 0. The van der Waals surface area contributed by atoms with Crippen LogP contribution in [-0.2, 0) is 0 Å². The highest BCUT2D eigenvalue weighted by molar-refractivity contribution is 9.10. The molecule has 0 aliphatic heterocycles. The number of nitrogens with zero attached hydrogens (tertiary/aromatic N) is 2. The maximum Gasteiger partial charge on any atom is 0.0972 e. The van der Waals surface area contributed by atoms with Crippen LogP contribution in [0.15, 0.2) is 71.3 Å². The number of rotatable bonds is 2. The van der Waals surface area contributed by atoms with Crippen molar-refractivity contribution in [1.29, 1.82) is 0 Å². The first-order valence-electron chi connectivity index (χ1n) is 7.38. The van der Waals surface area contributed by atoms with Gasteiger partial charge in [0.2, 0.25) is 0 Å². The Bertz CT molecular complexity index is 1020. The van der Waals surface area contributed by atoms with Crippen LogP contribution in [0.25, 0.3) is 34.0 Å². The Morgan fingerprint density at radius 1 is 0.783 bits per heavy atom. The molecule has 0 saturated heterocycles. The van der Waals surface area contributed by atoms with Gasteiger partial charge in [-0.1, -0.05) is 54.6 Å². The van der Waals surface area contributed by atoms with E-state index in [-0.39, 0.29) is 0 Å². The van der Waals surface area contributed by atoms with E-state index in [4.69, 9.17) is 4.98 Å². The molecular weight excluding hydrogens is 348 g/mol. The van der Waals surface area contributed by atoms with E-state index in [2.05, 4.69) is 63.4 Å². The molecule has 3 heteroatoms. The van der Waals surface area contributed by atoms with Crippen LogP contribution in [0.2, 0.25) is 0 Å². The number of fused-ring (bicyclic) bond motifs is 3. The molecule has 2 aromatic heterocycles. The van der Waals surface area contributed by atoms with Gasteiger partial charge < -0.3 is 0 Å². The molecule has 0 saturated carbocycles. The molecule has 0 spiro atoms. The van der Waals surface area contributed by atoms with Crippen LogP contribution in [0.5, 0.6) is 0 Å². The van der Waals surface area contributed by atoms with E-state index in [0.29, 0.717) is 0 Å². The molecule has 4 rings (SSSR count). The average molecular weight is 361 g/mol. The third-order valence-corrected chi connectivity index (χ3v) is 4.41. The van der Waals surface area contributed by atoms with Crippen LogP contribution < -0.4 is 0 Å². The molecule has 0 unspecified atom stereocenters. The van der Waals surface area contributed by atoms with Gasteiger partial charge >= 0.3 is 0 Å². The summed E-state index contributed by atoms with van der Waals surface area (Å²) in [6.07, 6.45) is 5.91. The fourth-order valence-corrected chi connectivity index (χ4v) is 3.09. The maximum absolute atomic E-state index is 4.82. The minimum absolute atomic E-state index is 0.902. The van der Waals surface area contributed by atoms with Gasteiger partial charge in [0.15, 0.2) is 0 Å². The lowest BCUT2D eigenvalue weighted by Crippen LogP contribution is -1.89. The molecule has 0 radical (unpaired) electrons. The molecule has 0 fully saturated rings. The first-order valence-corrected chi connectivity index (χ1v) is 8.18. The van der Waals surface area contributed by atoms with Crippen molar-refractivity contribution >= 4 is 49.9 Å². The molecule has 0 aliphatic rings. The zero-order chi connectivity index (χ0) is 15.6. The highest BCUT2D eigenvalue weighted by Gasteiger charge is 2.06. The second-order valence-electron chi connectivity index (χ2n) is 5.31. The molecule has 0 atom stereocenters. The molecular formula is C20H13BrN2. The first-order chi connectivity index (χ1) is 11.3. The lowest BCUT2D eigenvalue weighted by molar-refractivity contribution is 1.33. The van der Waals surface area contributed by atoms with E-state index in [1.807, 2.05) is 36.5 Å². The fraction of sp³-hybridized carbons (Fsp3) is 0. The largest absolute Gasteiger partial charge is 0.254 e. The van der Waals surface area contributed by atoms with Gasteiger partial charge in [0.05, 0.1) is 16.7 Å². The Balaban J connectivity index is 1.88. The molecule has 0 N–H and O–H groups in total. The molecule has 0 amide bonds. The number of pyridine rings is 2. The molecule has 2 heterocycles. The van der Waals surface area contributed by atoms with Crippen molar-refractivity contribution in [1.82, 2.24) is 9.97 Å². The maximum atomic E-state index is 4.82. The van der Waals surface area contributed by atoms with Crippen LogP contribution in [-0.4, -0.2) is 9.97 Å². The number of hydrogen-bond donors (Lipinski definition) is 0. The summed E-state index contributed by atoms with van der Waals surface area (Å²) < 4.78 is 0.979. The molecule has 23 heavy (non-hydrogen) atoms. The van der Waals surface area contributed by atoms with Crippen LogP contribution in [0.3, 0.4) is 0 Å². The molecule has 0 bridgehead atoms. The Hall–Kier alpha value is -2.52. The number of benzene rings is 2. The Kier molecular flexibility index (Phi) is 3.64. The summed E-state index contributed by atoms with van der Waals surface area (Å²) in [6, 6.07) is 20.5. The van der Waals surface area contributed by atoms with Gasteiger partial charge in [-0.25, -0.2) is 4.98 Å². The lowest BCUT2D eigenvalue weighted by atomic mass is 10.1. The second kappa shape index (κ2) is 5.94. The van der Waals surface area contributed by atoms with Crippen LogP contribution in [0.1, 0.15) is 11.3 Å². The Labute approximate surface area is 142 Å². The second-order valence-corrected chi connectivity index (χ2v) is 6.17. The van der Waals surface area contributed by atoms with E-state index >= 15 is 0 Å². The third kappa shape index (κ3) is 2.76. The molecule has 110 valence electrons. The first kappa shape index (κ1) is 14.1. The van der Waals surface area contributed by atoms with Crippen molar-refractivity contribution < 1.29 is 0 Å². The van der Waals surface area contributed by atoms with Gasteiger partial charge in [0, 0.05) is 21.4 Å². The van der Waals surface area contributed by atoms with Gasteiger partial charge in [0.1, 0.15) is 0 Å². The van der Waals surface area contributed by atoms with Crippen molar-refractivity contribution in [3.63, 3.8) is 0 Å². The lowest BCUT2D eigenvalue weighted by Gasteiger charge is -2.05. The van der Waals surface area contributed by atoms with Crippen LogP contribution in [0.4, 0.5) is 0 Å². The smallest absolute Gasteiger partial charge is 0.0972 e. The summed E-state index contributed by atoms with van der Waals surface area (Å²) in [6.45, 7) is 0. The topological polar surface area (TPSA) is 25.8 Å². The van der Waals surface area contributed by atoms with Gasteiger partial charge in [-0.05, 0) is 39.7 Å². The van der Waals surface area contributed by atoms with Crippen LogP contribution in [0, 0.1) is 0 Å². The van der Waals surface area contributed by atoms with E-state index in [1.165, 1.54) is 0 Å². The average Bonchev–Trinajstić information content (AvgIpc) is 2.61. The van der Waals surface area contributed by atoms with E-state index < -0.39 is 0 Å². The fourth-order valence-electron chi connectivity index (χ4n) is 2.62. The molecule has 2 aromatic carbocycles. The van der Waals surface area contributed by atoms with Crippen molar-refractivity contribution in [2.24, 2.45) is 0 Å². The quantitative estimate of drug-likeness (QED) is 0.427. The van der Waals surface area contributed by atoms with Crippen molar-refractivity contribution in [3.05, 3.63) is 82.6 Å². The number of aromatic nitrogens is 2. The van der Waals surface area contributed by atoms with E-state index in [1.54, 1.807) is 0 Å². The minimum atomic E-state index is 0.902. The monoisotopic (exact) mass is 360 g/mol. The number of halogens is 1. The van der Waals surface area contributed by atoms with E-state index in [9.17, 15) is 0 Å². The van der Waals surface area contributed by atoms with Gasteiger partial charge in [0.25, 0.3) is 0 Å². The summed E-state index contributed by atoms with van der Waals surface area (Å²) in [5.74, 6) is 0. The van der Waals surface area contributed by atoms with E-state index in [0.717, 1.165) is 37.5 Å². The SMILES string of the molecule is Brc1cc2ccc3cccnc3c2nc1C=Cc1ccccc1. The summed E-state index contributed by atoms with van der Waals surface area (Å²) in [4.78, 5) is 9.32. The standard InChI is InChI=1S/C20H13BrN2/c21-17-13-16-10-9-15-7-4-12-22-19(15)20(16)23-18(17)11-8-14-5-2-1-3-6-14/h1-13H. The third-order valence-electron chi connectivity index (χ3n) is 3.77. The zero-order valence-corrected chi connectivity index (χ0v) is 13.9.